The Morgan fingerprint density at radius 3 is 2.56 bits per heavy atom. The molecule has 18 heavy (non-hydrogen) atoms. The van der Waals surface area contributed by atoms with Crippen LogP contribution < -0.4 is 5.32 Å². The molecule has 3 rings (SSSR count). The quantitative estimate of drug-likeness (QED) is 0.852. The summed E-state index contributed by atoms with van der Waals surface area (Å²) < 4.78 is 0. The number of nitrogens with one attached hydrogen (secondary N) is 1. The van der Waals surface area contributed by atoms with Crippen molar-refractivity contribution in [3.63, 3.8) is 0 Å². The molecule has 1 nitrogen and oxygen atoms in total. The summed E-state index contributed by atoms with van der Waals surface area (Å²) in [5.74, 6) is 0. The van der Waals surface area contributed by atoms with Crippen LogP contribution in [0.2, 0.25) is 0 Å². The van der Waals surface area contributed by atoms with E-state index in [0.717, 1.165) is 5.41 Å². The highest BCUT2D eigenvalue weighted by atomic mass is 32.1. The van der Waals surface area contributed by atoms with Gasteiger partial charge in [0, 0.05) is 22.9 Å². The molecule has 1 spiro atoms. The lowest BCUT2D eigenvalue weighted by atomic mass is 9.51. The average molecular weight is 263 g/mol. The number of hydrogen-bond donors (Lipinski definition) is 1. The summed E-state index contributed by atoms with van der Waals surface area (Å²) in [6.45, 7) is 5.69. The van der Waals surface area contributed by atoms with Crippen LogP contribution in [0, 0.1) is 5.41 Å². The molecule has 1 heterocycles. The van der Waals surface area contributed by atoms with E-state index in [1.54, 1.807) is 4.88 Å². The second kappa shape index (κ2) is 4.64. The lowest BCUT2D eigenvalue weighted by Crippen LogP contribution is -2.54. The molecule has 100 valence electrons. The molecule has 1 aromatic rings. The summed E-state index contributed by atoms with van der Waals surface area (Å²) in [5.41, 5.74) is 1.19. The Hall–Kier alpha value is -0.340. The van der Waals surface area contributed by atoms with Gasteiger partial charge in [-0.15, -0.1) is 11.3 Å². The first kappa shape index (κ1) is 12.7. The maximum absolute atomic E-state index is 3.69. The van der Waals surface area contributed by atoms with Gasteiger partial charge in [0.2, 0.25) is 0 Å². The third-order valence-corrected chi connectivity index (χ3v) is 6.10. The van der Waals surface area contributed by atoms with Gasteiger partial charge in [0.05, 0.1) is 0 Å². The summed E-state index contributed by atoms with van der Waals surface area (Å²) in [6, 6.07) is 5.17. The van der Waals surface area contributed by atoms with Crippen LogP contribution in [-0.4, -0.2) is 12.6 Å². The van der Waals surface area contributed by atoms with Gasteiger partial charge in [0.1, 0.15) is 0 Å². The minimum atomic E-state index is 0.461. The van der Waals surface area contributed by atoms with Crippen LogP contribution in [0.25, 0.3) is 0 Å². The molecule has 2 fully saturated rings. The van der Waals surface area contributed by atoms with E-state index in [4.69, 9.17) is 0 Å². The van der Waals surface area contributed by atoms with Crippen LogP contribution in [-0.2, 0) is 5.41 Å². The van der Waals surface area contributed by atoms with Crippen molar-refractivity contribution < 1.29 is 0 Å². The number of rotatable bonds is 4. The van der Waals surface area contributed by atoms with Crippen molar-refractivity contribution in [1.29, 1.82) is 0 Å². The van der Waals surface area contributed by atoms with Gasteiger partial charge in [-0.25, -0.2) is 0 Å². The molecule has 0 radical (unpaired) electrons. The zero-order chi connectivity index (χ0) is 12.6. The van der Waals surface area contributed by atoms with Crippen molar-refractivity contribution in [3.8, 4) is 0 Å². The van der Waals surface area contributed by atoms with Gasteiger partial charge in [-0.3, -0.25) is 0 Å². The van der Waals surface area contributed by atoms with Gasteiger partial charge in [0.15, 0.2) is 0 Å². The highest BCUT2D eigenvalue weighted by Gasteiger charge is 2.55. The largest absolute Gasteiger partial charge is 0.314 e. The fourth-order valence-electron chi connectivity index (χ4n) is 4.23. The number of hydrogen-bond acceptors (Lipinski definition) is 2. The molecule has 2 aliphatic carbocycles. The molecule has 0 amide bonds. The standard InChI is InChI=1S/C16H25NS/c1-13(2)17-12-16(14-6-5-9-18-14)10-15(11-16)7-3-4-8-15/h5-6,9,13,17H,3-4,7-8,10-12H2,1-2H3. The first-order valence-electron chi connectivity index (χ1n) is 7.42. The second-order valence-electron chi connectivity index (χ2n) is 6.85. The monoisotopic (exact) mass is 263 g/mol. The van der Waals surface area contributed by atoms with E-state index in [2.05, 4.69) is 36.7 Å². The van der Waals surface area contributed by atoms with E-state index < -0.39 is 0 Å². The molecule has 0 bridgehead atoms. The third kappa shape index (κ3) is 2.14. The molecule has 2 heteroatoms. The first-order valence-corrected chi connectivity index (χ1v) is 8.30. The van der Waals surface area contributed by atoms with Crippen molar-refractivity contribution in [2.45, 2.75) is 63.8 Å². The van der Waals surface area contributed by atoms with Gasteiger partial charge in [0.25, 0.3) is 0 Å². The van der Waals surface area contributed by atoms with Crippen LogP contribution in [0.5, 0.6) is 0 Å². The van der Waals surface area contributed by atoms with E-state index in [1.807, 2.05) is 11.3 Å². The van der Waals surface area contributed by atoms with Crippen LogP contribution in [0.1, 0.15) is 57.2 Å². The van der Waals surface area contributed by atoms with Crippen molar-refractivity contribution in [3.05, 3.63) is 22.4 Å². The minimum Gasteiger partial charge on any atom is -0.314 e. The summed E-state index contributed by atoms with van der Waals surface area (Å²) in [7, 11) is 0. The molecule has 0 unspecified atom stereocenters. The van der Waals surface area contributed by atoms with Crippen LogP contribution in [0.3, 0.4) is 0 Å². The number of thiophene rings is 1. The molecule has 0 saturated heterocycles. The van der Waals surface area contributed by atoms with Gasteiger partial charge in [-0.1, -0.05) is 32.8 Å². The fourth-order valence-corrected chi connectivity index (χ4v) is 5.16. The zero-order valence-corrected chi connectivity index (χ0v) is 12.5. The second-order valence-corrected chi connectivity index (χ2v) is 7.80. The summed E-state index contributed by atoms with van der Waals surface area (Å²) in [4.78, 5) is 1.62. The van der Waals surface area contributed by atoms with Crippen molar-refractivity contribution >= 4 is 11.3 Å². The first-order chi connectivity index (χ1) is 8.64. The van der Waals surface area contributed by atoms with E-state index in [9.17, 15) is 0 Å². The van der Waals surface area contributed by atoms with Gasteiger partial charge in [-0.2, -0.15) is 0 Å². The summed E-state index contributed by atoms with van der Waals surface area (Å²) in [5, 5.41) is 5.93. The Morgan fingerprint density at radius 1 is 1.28 bits per heavy atom. The minimum absolute atomic E-state index is 0.461. The van der Waals surface area contributed by atoms with Crippen molar-refractivity contribution in [2.24, 2.45) is 5.41 Å². The molecule has 2 saturated carbocycles. The predicted octanol–water partition coefficient (Wildman–Crippen LogP) is 4.34. The van der Waals surface area contributed by atoms with E-state index in [1.165, 1.54) is 45.1 Å². The maximum Gasteiger partial charge on any atom is 0.0182 e. The molecule has 0 atom stereocenters. The highest BCUT2D eigenvalue weighted by molar-refractivity contribution is 7.10. The fraction of sp³-hybridized carbons (Fsp3) is 0.750. The molecular weight excluding hydrogens is 238 g/mol. The predicted molar refractivity (Wildman–Crippen MR) is 79.3 cm³/mol. The Balaban J connectivity index is 1.74. The average Bonchev–Trinajstić information content (AvgIpc) is 2.95. The lowest BCUT2D eigenvalue weighted by Gasteiger charge is -2.55. The summed E-state index contributed by atoms with van der Waals surface area (Å²) in [6.07, 6.45) is 8.78. The molecule has 0 aromatic carbocycles. The Morgan fingerprint density at radius 2 is 2.00 bits per heavy atom. The topological polar surface area (TPSA) is 12.0 Å². The van der Waals surface area contributed by atoms with Gasteiger partial charge in [-0.05, 0) is 42.5 Å². The van der Waals surface area contributed by atoms with Gasteiger partial charge < -0.3 is 5.32 Å². The zero-order valence-electron chi connectivity index (χ0n) is 11.7. The third-order valence-electron chi connectivity index (χ3n) is 4.98. The maximum atomic E-state index is 3.69. The molecule has 2 aliphatic rings. The Bertz CT molecular complexity index is 379. The van der Waals surface area contributed by atoms with Crippen molar-refractivity contribution in [1.82, 2.24) is 5.32 Å². The Kier molecular flexibility index (Phi) is 3.27. The highest BCUT2D eigenvalue weighted by Crippen LogP contribution is 2.63. The molecule has 0 aliphatic heterocycles. The summed E-state index contributed by atoms with van der Waals surface area (Å²) >= 11 is 1.96. The van der Waals surface area contributed by atoms with E-state index in [-0.39, 0.29) is 0 Å². The lowest BCUT2D eigenvalue weighted by molar-refractivity contribution is 0.0282. The van der Waals surface area contributed by atoms with Crippen LogP contribution in [0.15, 0.2) is 17.5 Å². The normalized spacial score (nSPS) is 24.6. The SMILES string of the molecule is CC(C)NCC1(c2cccs2)CC2(CCCC2)C1. The van der Waals surface area contributed by atoms with E-state index in [0.29, 0.717) is 11.5 Å². The van der Waals surface area contributed by atoms with Crippen LogP contribution >= 0.6 is 11.3 Å². The Labute approximate surface area is 115 Å². The van der Waals surface area contributed by atoms with Gasteiger partial charge >= 0.3 is 0 Å². The molecule has 1 aromatic heterocycles. The molecular formula is C16H25NS. The smallest absolute Gasteiger partial charge is 0.0182 e. The van der Waals surface area contributed by atoms with Crippen LogP contribution in [0.4, 0.5) is 0 Å². The van der Waals surface area contributed by atoms with E-state index >= 15 is 0 Å². The van der Waals surface area contributed by atoms with Crippen molar-refractivity contribution in [2.75, 3.05) is 6.54 Å². The molecule has 1 N–H and O–H groups in total.